The van der Waals surface area contributed by atoms with Gasteiger partial charge in [0.2, 0.25) is 0 Å². The van der Waals surface area contributed by atoms with E-state index >= 15 is 4.39 Å². The molecule has 0 spiro atoms. The van der Waals surface area contributed by atoms with E-state index in [1.165, 1.54) is 28.2 Å². The molecule has 0 saturated carbocycles. The number of carbonyl (C=O) groups excluding carboxylic acids is 4. The van der Waals surface area contributed by atoms with Crippen LogP contribution in [0.2, 0.25) is 6.32 Å². The van der Waals surface area contributed by atoms with E-state index in [0.717, 1.165) is 24.5 Å². The first-order valence-electron chi connectivity index (χ1n) is 18.2. The number of halogens is 2. The maximum atomic E-state index is 15.3. The van der Waals surface area contributed by atoms with Crippen LogP contribution in [0.3, 0.4) is 0 Å². The van der Waals surface area contributed by atoms with Crippen LogP contribution in [-0.2, 0) is 17.9 Å². The minimum atomic E-state index is -0.759. The van der Waals surface area contributed by atoms with Gasteiger partial charge in [0.25, 0.3) is 23.6 Å². The molecule has 1 heterocycles. The summed E-state index contributed by atoms with van der Waals surface area (Å²) >= 11 is 0. The summed E-state index contributed by atoms with van der Waals surface area (Å²) in [6, 6.07) is 24.2. The first-order chi connectivity index (χ1) is 26.0. The Hall–Kier alpha value is -5.40. The van der Waals surface area contributed by atoms with Gasteiger partial charge in [0, 0.05) is 11.1 Å². The molecule has 0 saturated heterocycles. The molecule has 0 fully saturated rings. The molecule has 1 aliphatic heterocycles. The van der Waals surface area contributed by atoms with Crippen molar-refractivity contribution in [3.63, 3.8) is 0 Å². The van der Waals surface area contributed by atoms with Crippen molar-refractivity contribution in [1.29, 1.82) is 0 Å². The van der Waals surface area contributed by atoms with Crippen molar-refractivity contribution in [2.45, 2.75) is 91.9 Å². The maximum Gasteiger partial charge on any atom is 0.330 e. The van der Waals surface area contributed by atoms with Crippen LogP contribution in [0.5, 0.6) is 0 Å². The largest absolute Gasteiger partial charge is 0.427 e. The molecule has 290 valence electrons. The smallest absolute Gasteiger partial charge is 0.330 e. The number of hydrogen-bond acceptors (Lipinski definition) is 6. The van der Waals surface area contributed by atoms with Crippen LogP contribution in [0.25, 0.3) is 0 Å². The molecule has 1 aliphatic rings. The van der Waals surface area contributed by atoms with E-state index in [2.05, 4.69) is 17.8 Å². The molecule has 5 rings (SSSR count). The van der Waals surface area contributed by atoms with Crippen LogP contribution < -0.4 is 16.3 Å². The fraction of sp³-hybridized carbons (Fsp3) is 0.333. The number of amides is 4. The van der Waals surface area contributed by atoms with Crippen LogP contribution in [0.4, 0.5) is 8.78 Å². The minimum Gasteiger partial charge on any atom is -0.427 e. The summed E-state index contributed by atoms with van der Waals surface area (Å²) in [4.78, 5) is 51.2. The van der Waals surface area contributed by atoms with Gasteiger partial charge in [0.15, 0.2) is 0 Å². The van der Waals surface area contributed by atoms with E-state index in [9.17, 15) is 23.6 Å². The predicted octanol–water partition coefficient (Wildman–Crippen LogP) is 6.84. The predicted molar refractivity (Wildman–Crippen MR) is 208 cm³/mol. The molecule has 4 amide bonds. The molecule has 4 aromatic carbocycles. The average molecular weight is 755 g/mol. The number of rotatable bonds is 8. The van der Waals surface area contributed by atoms with E-state index < -0.39 is 40.4 Å². The quantitative estimate of drug-likeness (QED) is 0.134. The van der Waals surface area contributed by atoms with Gasteiger partial charge in [-0.2, -0.15) is 0 Å². The van der Waals surface area contributed by atoms with Crippen LogP contribution in [0.1, 0.15) is 114 Å². The van der Waals surface area contributed by atoms with Crippen molar-refractivity contribution < 1.29 is 37.7 Å². The van der Waals surface area contributed by atoms with Gasteiger partial charge < -0.3 is 9.76 Å². The average Bonchev–Trinajstić information content (AvgIpc) is 3.58. The Morgan fingerprint density at radius 3 is 1.69 bits per heavy atom. The third-order valence-electron chi connectivity index (χ3n) is 8.77. The van der Waals surface area contributed by atoms with Gasteiger partial charge in [-0.15, -0.1) is 0 Å². The van der Waals surface area contributed by atoms with Gasteiger partial charge in [-0.3, -0.25) is 30.0 Å². The topological polar surface area (TPSA) is 128 Å². The molecule has 13 heteroatoms. The molecule has 0 aliphatic carbocycles. The molecule has 0 unspecified atom stereocenters. The zero-order chi connectivity index (χ0) is 40.5. The first kappa shape index (κ1) is 42.3. The van der Waals surface area contributed by atoms with E-state index in [1.807, 2.05) is 26.8 Å². The highest BCUT2D eigenvalue weighted by Gasteiger charge is 2.35. The molecular weight excluding hydrogens is 705 g/mol. The highest BCUT2D eigenvalue weighted by Crippen LogP contribution is 2.22. The number of unbranched alkanes of at least 4 members (excludes halogenated alkanes) is 1. The van der Waals surface area contributed by atoms with Crippen molar-refractivity contribution in [3.05, 3.63) is 136 Å². The van der Waals surface area contributed by atoms with Crippen LogP contribution in [0, 0.1) is 11.6 Å². The summed E-state index contributed by atoms with van der Waals surface area (Å²) in [5.74, 6) is -3.47. The molecule has 4 aromatic rings. The lowest BCUT2D eigenvalue weighted by atomic mass is 9.57. The summed E-state index contributed by atoms with van der Waals surface area (Å²) in [6.07, 6.45) is 2.62. The Kier molecular flexibility index (Phi) is 14.1. The summed E-state index contributed by atoms with van der Waals surface area (Å²) in [5.41, 5.74) is 5.86. The lowest BCUT2D eigenvalue weighted by Gasteiger charge is -2.35. The number of aliphatic hydroxyl groups is 1. The number of nitrogens with one attached hydrogen (secondary N) is 2. The standard InChI is InChI=1S/C23H28BFN2O3.C19H21FN2O3/c1-5-6-14-24-19-17(15-30-24)12-13-18(20(19)25)21(28)26-27(23(2,3)4)22(29)16-10-8-7-9-11-16;1-19(2,3)22(18(25)14-7-5-4-6-8-14)21-17(24)15-10-9-13(12-23)11-16(15)20/h7-13H,5-6,14-15H2,1-4H3,(H,26,28);4-11,23H,12H2,1-3H3,(H,21,24). The van der Waals surface area contributed by atoms with Crippen LogP contribution >= 0.6 is 0 Å². The van der Waals surface area contributed by atoms with Gasteiger partial charge in [0.1, 0.15) is 11.6 Å². The number of aliphatic hydroxyl groups excluding tert-OH is 1. The lowest BCUT2D eigenvalue weighted by Crippen LogP contribution is -2.56. The second kappa shape index (κ2) is 18.3. The van der Waals surface area contributed by atoms with E-state index in [0.29, 0.717) is 35.1 Å². The third kappa shape index (κ3) is 10.6. The van der Waals surface area contributed by atoms with Crippen LogP contribution in [-0.4, -0.2) is 56.7 Å². The molecule has 0 bridgehead atoms. The van der Waals surface area contributed by atoms with Gasteiger partial charge >= 0.3 is 6.92 Å². The first-order valence-corrected chi connectivity index (χ1v) is 18.2. The SMILES string of the molecule is CC(C)(C)N(NC(=O)c1ccc(CO)cc1F)C(=O)c1ccccc1.CCCCB1OCc2ccc(C(=O)NN(C(=O)c3ccccc3)C(C)(C)C)c(F)c21. The Bertz CT molecular complexity index is 1980. The number of carbonyl (C=O) groups is 4. The molecule has 0 aromatic heterocycles. The molecule has 3 N–H and O–H groups in total. The van der Waals surface area contributed by atoms with Gasteiger partial charge in [0.05, 0.1) is 35.4 Å². The third-order valence-corrected chi connectivity index (χ3v) is 8.77. The second-order valence-corrected chi connectivity index (χ2v) is 15.2. The Morgan fingerprint density at radius 2 is 1.24 bits per heavy atom. The number of nitrogens with zero attached hydrogens (tertiary/aromatic N) is 2. The second-order valence-electron chi connectivity index (χ2n) is 15.2. The van der Waals surface area contributed by atoms with Gasteiger partial charge in [-0.25, -0.2) is 18.8 Å². The molecule has 55 heavy (non-hydrogen) atoms. The Morgan fingerprint density at radius 1 is 0.745 bits per heavy atom. The van der Waals surface area contributed by atoms with Crippen molar-refractivity contribution in [2.24, 2.45) is 0 Å². The number of benzene rings is 4. The summed E-state index contributed by atoms with van der Waals surface area (Å²) < 4.78 is 35.1. The van der Waals surface area contributed by atoms with Crippen molar-refractivity contribution in [3.8, 4) is 0 Å². The molecule has 0 atom stereocenters. The van der Waals surface area contributed by atoms with E-state index in [-0.39, 0.29) is 30.6 Å². The summed E-state index contributed by atoms with van der Waals surface area (Å²) in [6.45, 7) is 12.5. The molecular formula is C42H49BF2N4O6. The maximum absolute atomic E-state index is 15.3. The van der Waals surface area contributed by atoms with Gasteiger partial charge in [-0.1, -0.05) is 68.3 Å². The summed E-state index contributed by atoms with van der Waals surface area (Å²) in [7, 11) is 0. The lowest BCUT2D eigenvalue weighted by molar-refractivity contribution is 0.0355. The highest BCUT2D eigenvalue weighted by atomic mass is 19.1. The van der Waals surface area contributed by atoms with Crippen LogP contribution in [0.15, 0.2) is 91.0 Å². The Labute approximate surface area is 321 Å². The van der Waals surface area contributed by atoms with E-state index in [4.69, 9.17) is 9.76 Å². The number of fused-ring (bicyclic) bond motifs is 1. The monoisotopic (exact) mass is 754 g/mol. The van der Waals surface area contributed by atoms with Gasteiger partial charge in [-0.05, 0) is 107 Å². The summed E-state index contributed by atoms with van der Waals surface area (Å²) in [5, 5.41) is 11.5. The fourth-order valence-electron chi connectivity index (χ4n) is 5.80. The number of hydrogen-bond donors (Lipinski definition) is 3. The normalized spacial score (nSPS) is 12.2. The minimum absolute atomic E-state index is 0.0872. The molecule has 0 radical (unpaired) electrons. The fourth-order valence-corrected chi connectivity index (χ4v) is 5.80. The van der Waals surface area contributed by atoms with Crippen molar-refractivity contribution >= 4 is 36.0 Å². The highest BCUT2D eigenvalue weighted by molar-refractivity contribution is 6.69. The molecule has 10 nitrogen and oxygen atoms in total. The van der Waals surface area contributed by atoms with Crippen molar-refractivity contribution in [2.75, 3.05) is 0 Å². The Balaban J connectivity index is 0.000000249. The zero-order valence-corrected chi connectivity index (χ0v) is 32.4. The van der Waals surface area contributed by atoms with E-state index in [1.54, 1.807) is 81.4 Å². The van der Waals surface area contributed by atoms with Crippen molar-refractivity contribution in [1.82, 2.24) is 20.9 Å². The zero-order valence-electron chi connectivity index (χ0n) is 32.4. The number of hydrazine groups is 2.